The lowest BCUT2D eigenvalue weighted by atomic mass is 10.2. The zero-order valence-electron chi connectivity index (χ0n) is 12.2. The van der Waals surface area contributed by atoms with E-state index in [1.54, 1.807) is 18.2 Å². The van der Waals surface area contributed by atoms with E-state index in [0.29, 0.717) is 23.5 Å². The first-order valence-electron chi connectivity index (χ1n) is 6.83. The average Bonchev–Trinajstić information content (AvgIpc) is 2.79. The maximum atomic E-state index is 11.8. The molecule has 1 aliphatic heterocycles. The van der Waals surface area contributed by atoms with Crippen molar-refractivity contribution in [1.29, 1.82) is 0 Å². The molecule has 1 heterocycles. The number of nitrogen functional groups attached to an aromatic ring is 1. The molecular weight excluding hydrogens is 288 g/mol. The van der Waals surface area contributed by atoms with E-state index in [1.165, 1.54) is 7.11 Å². The Morgan fingerprint density at radius 2 is 2.23 bits per heavy atom. The second kappa shape index (κ2) is 6.79. The van der Waals surface area contributed by atoms with E-state index in [1.807, 2.05) is 0 Å². The summed E-state index contributed by atoms with van der Waals surface area (Å²) < 4.78 is 5.03. The first-order valence-corrected chi connectivity index (χ1v) is 6.83. The first kappa shape index (κ1) is 15.6. The monoisotopic (exact) mass is 306 g/mol. The van der Waals surface area contributed by atoms with Gasteiger partial charge in [0.2, 0.25) is 11.8 Å². The summed E-state index contributed by atoms with van der Waals surface area (Å²) >= 11 is 0. The molecule has 1 aromatic rings. The van der Waals surface area contributed by atoms with Gasteiger partial charge in [-0.25, -0.2) is 4.79 Å². The summed E-state index contributed by atoms with van der Waals surface area (Å²) in [6.07, 6.45) is 0.597. The van der Waals surface area contributed by atoms with Gasteiger partial charge in [0.15, 0.2) is 0 Å². The highest BCUT2D eigenvalue weighted by atomic mass is 16.5. The highest BCUT2D eigenvalue weighted by Gasteiger charge is 2.27. The molecule has 118 valence electrons. The number of carbonyl (C=O) groups is 3. The van der Waals surface area contributed by atoms with Crippen molar-refractivity contribution in [1.82, 2.24) is 10.2 Å². The highest BCUT2D eigenvalue weighted by Crippen LogP contribution is 2.24. The SMILES string of the molecule is COc1ccc(NC(=O)CCCN2C(=O)CNC2=O)cc1N. The van der Waals surface area contributed by atoms with Gasteiger partial charge in [-0.2, -0.15) is 0 Å². The molecule has 0 aromatic heterocycles. The Morgan fingerprint density at radius 1 is 1.45 bits per heavy atom. The van der Waals surface area contributed by atoms with Gasteiger partial charge in [0.25, 0.3) is 0 Å². The second-order valence-corrected chi connectivity index (χ2v) is 4.81. The molecule has 4 amide bonds. The minimum atomic E-state index is -0.409. The number of benzene rings is 1. The average molecular weight is 306 g/mol. The van der Waals surface area contributed by atoms with E-state index in [0.717, 1.165) is 4.90 Å². The van der Waals surface area contributed by atoms with Gasteiger partial charge in [-0.05, 0) is 24.6 Å². The summed E-state index contributed by atoms with van der Waals surface area (Å²) in [6.45, 7) is 0.249. The second-order valence-electron chi connectivity index (χ2n) is 4.81. The highest BCUT2D eigenvalue weighted by molar-refractivity contribution is 6.02. The van der Waals surface area contributed by atoms with Crippen LogP contribution in [0.25, 0.3) is 0 Å². The van der Waals surface area contributed by atoms with Gasteiger partial charge >= 0.3 is 6.03 Å². The van der Waals surface area contributed by atoms with Crippen LogP contribution < -0.4 is 21.1 Å². The van der Waals surface area contributed by atoms with Crippen LogP contribution in [0.1, 0.15) is 12.8 Å². The molecule has 2 rings (SSSR count). The zero-order valence-corrected chi connectivity index (χ0v) is 12.2. The molecule has 0 saturated carbocycles. The van der Waals surface area contributed by atoms with Crippen molar-refractivity contribution in [3.8, 4) is 5.75 Å². The van der Waals surface area contributed by atoms with Crippen molar-refractivity contribution in [2.75, 3.05) is 31.2 Å². The predicted molar refractivity (Wildman–Crippen MR) is 80.4 cm³/mol. The maximum absolute atomic E-state index is 11.8. The zero-order chi connectivity index (χ0) is 16.1. The number of nitrogens with two attached hydrogens (primary N) is 1. The number of hydrogen-bond acceptors (Lipinski definition) is 5. The molecule has 1 aromatic carbocycles. The molecule has 0 atom stereocenters. The smallest absolute Gasteiger partial charge is 0.324 e. The van der Waals surface area contributed by atoms with Crippen LogP contribution in [0.3, 0.4) is 0 Å². The minimum Gasteiger partial charge on any atom is -0.495 e. The third-order valence-corrected chi connectivity index (χ3v) is 3.24. The van der Waals surface area contributed by atoms with E-state index in [2.05, 4.69) is 10.6 Å². The van der Waals surface area contributed by atoms with E-state index in [4.69, 9.17) is 10.5 Å². The number of urea groups is 1. The number of nitrogens with zero attached hydrogens (tertiary/aromatic N) is 1. The summed E-state index contributed by atoms with van der Waals surface area (Å²) in [4.78, 5) is 35.6. The number of imide groups is 1. The van der Waals surface area contributed by atoms with Crippen molar-refractivity contribution >= 4 is 29.2 Å². The van der Waals surface area contributed by atoms with Crippen molar-refractivity contribution in [2.24, 2.45) is 0 Å². The fourth-order valence-corrected chi connectivity index (χ4v) is 2.11. The van der Waals surface area contributed by atoms with Crippen LogP contribution in [0.4, 0.5) is 16.2 Å². The molecular formula is C14H18N4O4. The van der Waals surface area contributed by atoms with Gasteiger partial charge in [0, 0.05) is 18.7 Å². The van der Waals surface area contributed by atoms with E-state index >= 15 is 0 Å². The Balaban J connectivity index is 1.79. The number of nitrogens with one attached hydrogen (secondary N) is 2. The van der Waals surface area contributed by atoms with Crippen LogP contribution in [-0.4, -0.2) is 42.9 Å². The Morgan fingerprint density at radius 3 is 2.82 bits per heavy atom. The predicted octanol–water partition coefficient (Wildman–Crippen LogP) is 0.548. The van der Waals surface area contributed by atoms with Crippen LogP contribution in [-0.2, 0) is 9.59 Å². The molecule has 0 aliphatic carbocycles. The van der Waals surface area contributed by atoms with Crippen LogP contribution in [0, 0.1) is 0 Å². The largest absolute Gasteiger partial charge is 0.495 e. The number of methoxy groups -OCH3 is 1. The summed E-state index contributed by atoms with van der Waals surface area (Å²) in [5, 5.41) is 5.13. The Hall–Kier alpha value is -2.77. The Bertz CT molecular complexity index is 587. The molecule has 0 unspecified atom stereocenters. The Labute approximate surface area is 127 Å². The first-order chi connectivity index (χ1) is 10.5. The van der Waals surface area contributed by atoms with Gasteiger partial charge in [0.05, 0.1) is 19.3 Å². The van der Waals surface area contributed by atoms with Crippen LogP contribution in [0.2, 0.25) is 0 Å². The van der Waals surface area contributed by atoms with E-state index in [-0.39, 0.29) is 31.3 Å². The molecule has 22 heavy (non-hydrogen) atoms. The number of ether oxygens (including phenoxy) is 1. The fourth-order valence-electron chi connectivity index (χ4n) is 2.11. The third-order valence-electron chi connectivity index (χ3n) is 3.24. The summed E-state index contributed by atoms with van der Waals surface area (Å²) in [5.41, 5.74) is 6.75. The van der Waals surface area contributed by atoms with Crippen molar-refractivity contribution in [3.63, 3.8) is 0 Å². The van der Waals surface area contributed by atoms with Gasteiger partial charge in [-0.1, -0.05) is 0 Å². The van der Waals surface area contributed by atoms with E-state index < -0.39 is 6.03 Å². The topological polar surface area (TPSA) is 114 Å². The molecule has 4 N–H and O–H groups in total. The molecule has 0 spiro atoms. The maximum Gasteiger partial charge on any atom is 0.324 e. The Kier molecular flexibility index (Phi) is 4.82. The summed E-state index contributed by atoms with van der Waals surface area (Å²) in [5.74, 6) is 0.0570. The van der Waals surface area contributed by atoms with Gasteiger partial charge in [0.1, 0.15) is 5.75 Å². The molecule has 1 aliphatic rings. The lowest BCUT2D eigenvalue weighted by Crippen LogP contribution is -2.32. The van der Waals surface area contributed by atoms with Crippen molar-refractivity contribution in [3.05, 3.63) is 18.2 Å². The molecule has 1 fully saturated rings. The molecule has 0 radical (unpaired) electrons. The van der Waals surface area contributed by atoms with Crippen molar-refractivity contribution < 1.29 is 19.1 Å². The van der Waals surface area contributed by atoms with Crippen LogP contribution in [0.5, 0.6) is 5.75 Å². The van der Waals surface area contributed by atoms with Gasteiger partial charge < -0.3 is 21.1 Å². The minimum absolute atomic E-state index is 0.0240. The fraction of sp³-hybridized carbons (Fsp3) is 0.357. The van der Waals surface area contributed by atoms with Crippen LogP contribution in [0.15, 0.2) is 18.2 Å². The van der Waals surface area contributed by atoms with Crippen LogP contribution >= 0.6 is 0 Å². The van der Waals surface area contributed by atoms with Gasteiger partial charge in [-0.3, -0.25) is 14.5 Å². The van der Waals surface area contributed by atoms with E-state index in [9.17, 15) is 14.4 Å². The number of rotatable bonds is 6. The van der Waals surface area contributed by atoms with Gasteiger partial charge in [-0.15, -0.1) is 0 Å². The number of amides is 4. The molecule has 1 saturated heterocycles. The number of anilines is 2. The summed E-state index contributed by atoms with van der Waals surface area (Å²) in [7, 11) is 1.51. The quantitative estimate of drug-likeness (QED) is 0.524. The molecule has 0 bridgehead atoms. The number of carbonyl (C=O) groups excluding carboxylic acids is 3. The van der Waals surface area contributed by atoms with Crippen molar-refractivity contribution in [2.45, 2.75) is 12.8 Å². The lowest BCUT2D eigenvalue weighted by Gasteiger charge is -2.12. The molecule has 8 nitrogen and oxygen atoms in total. The molecule has 8 heteroatoms. The number of hydrogen-bond donors (Lipinski definition) is 3. The standard InChI is InChI=1S/C14H18N4O4/c1-22-11-5-4-9(7-10(11)15)17-12(19)3-2-6-18-13(20)8-16-14(18)21/h4-5,7H,2-3,6,8,15H2,1H3,(H,16,21)(H,17,19). The third kappa shape index (κ3) is 3.66. The summed E-state index contributed by atoms with van der Waals surface area (Å²) in [6, 6.07) is 4.55. The lowest BCUT2D eigenvalue weighted by molar-refractivity contribution is -0.125. The normalized spacial score (nSPS) is 14.0.